The molecular formula is C3H2F3LiO. The van der Waals surface area contributed by atoms with E-state index in [0.717, 1.165) is 0 Å². The topological polar surface area (TPSA) is 12.5 Å². The molecule has 5 heteroatoms. The van der Waals surface area contributed by atoms with E-state index in [2.05, 4.69) is 4.74 Å². The average molecular weight is 118 g/mol. The van der Waals surface area contributed by atoms with Crippen LogP contribution in [0.5, 0.6) is 0 Å². The molecule has 0 aromatic rings. The van der Waals surface area contributed by atoms with Crippen molar-refractivity contribution in [3.05, 3.63) is 6.10 Å². The fourth-order valence-corrected chi connectivity index (χ4v) is 0.200. The number of halogens is 3. The molecule has 1 rings (SSSR count). The molecule has 42 valence electrons. The summed E-state index contributed by atoms with van der Waals surface area (Å²) in [7, 11) is 0. The molecular weight excluding hydrogens is 116 g/mol. The van der Waals surface area contributed by atoms with Crippen LogP contribution in [0.1, 0.15) is 0 Å². The molecule has 0 saturated carbocycles. The molecule has 1 nitrogen and oxygen atoms in total. The molecule has 1 saturated heterocycles. The third kappa shape index (κ3) is 2.08. The molecule has 0 bridgehead atoms. The van der Waals surface area contributed by atoms with E-state index in [4.69, 9.17) is 0 Å². The summed E-state index contributed by atoms with van der Waals surface area (Å²) in [6.07, 6.45) is -4.95. The molecule has 1 heterocycles. The zero-order valence-electron chi connectivity index (χ0n) is 4.25. The van der Waals surface area contributed by atoms with Crippen molar-refractivity contribution in [2.24, 2.45) is 0 Å². The molecule has 0 amide bonds. The van der Waals surface area contributed by atoms with Crippen molar-refractivity contribution in [1.82, 2.24) is 0 Å². The molecule has 1 aliphatic rings. The molecule has 0 aliphatic carbocycles. The predicted molar refractivity (Wildman–Crippen MR) is 15.2 cm³/mol. The molecule has 8 heavy (non-hydrogen) atoms. The van der Waals surface area contributed by atoms with Gasteiger partial charge in [0.25, 0.3) is 6.18 Å². The Labute approximate surface area is 56.4 Å². The van der Waals surface area contributed by atoms with Gasteiger partial charge in [0.2, 0.25) is 0 Å². The quantitative estimate of drug-likeness (QED) is 0.206. The molecule has 0 atom stereocenters. The van der Waals surface area contributed by atoms with Gasteiger partial charge in [-0.1, -0.05) is 12.7 Å². The minimum atomic E-state index is -4.19. The van der Waals surface area contributed by atoms with Crippen LogP contribution in [0.3, 0.4) is 0 Å². The summed E-state index contributed by atoms with van der Waals surface area (Å²) in [5, 5.41) is 0. The molecule has 1 aliphatic heterocycles. The second-order valence-corrected chi connectivity index (χ2v) is 1.21. The van der Waals surface area contributed by atoms with E-state index in [1.807, 2.05) is 0 Å². The predicted octanol–water partition coefficient (Wildman–Crippen LogP) is -1.89. The van der Waals surface area contributed by atoms with Crippen LogP contribution >= 0.6 is 0 Å². The molecule has 0 N–H and O–H groups in total. The SMILES string of the molecule is FC(F)(F)[C-]1CO1.[Li+]. The van der Waals surface area contributed by atoms with Gasteiger partial charge in [-0.25, -0.2) is 13.2 Å². The molecule has 0 aromatic carbocycles. The van der Waals surface area contributed by atoms with E-state index in [1.165, 1.54) is 0 Å². The van der Waals surface area contributed by atoms with Crippen molar-refractivity contribution in [3.63, 3.8) is 0 Å². The summed E-state index contributed by atoms with van der Waals surface area (Å²) in [5.74, 6) is 0. The van der Waals surface area contributed by atoms with Gasteiger partial charge in [0, 0.05) is 0 Å². The van der Waals surface area contributed by atoms with Crippen LogP contribution in [0, 0.1) is 6.10 Å². The summed E-state index contributed by atoms with van der Waals surface area (Å²) in [4.78, 5) is 0. The van der Waals surface area contributed by atoms with Crippen molar-refractivity contribution in [1.29, 1.82) is 0 Å². The van der Waals surface area contributed by atoms with E-state index in [1.54, 1.807) is 0 Å². The van der Waals surface area contributed by atoms with E-state index >= 15 is 0 Å². The van der Waals surface area contributed by atoms with Crippen molar-refractivity contribution in [3.8, 4) is 0 Å². The third-order valence-electron chi connectivity index (χ3n) is 0.605. The van der Waals surface area contributed by atoms with Gasteiger partial charge in [-0.15, -0.1) is 0 Å². The van der Waals surface area contributed by atoms with Crippen LogP contribution in [0.4, 0.5) is 13.2 Å². The maximum atomic E-state index is 11.1. The first-order valence-electron chi connectivity index (χ1n) is 1.66. The summed E-state index contributed by atoms with van der Waals surface area (Å²) in [6, 6.07) is 0. The minimum absolute atomic E-state index is 0. The summed E-state index contributed by atoms with van der Waals surface area (Å²) in [6.45, 7) is -0.233. The Kier molecular flexibility index (Phi) is 2.40. The van der Waals surface area contributed by atoms with Crippen LogP contribution in [0.2, 0.25) is 0 Å². The van der Waals surface area contributed by atoms with Crippen molar-refractivity contribution >= 4 is 0 Å². The number of alkyl halides is 3. The zero-order valence-corrected chi connectivity index (χ0v) is 4.25. The first-order chi connectivity index (χ1) is 3.11. The van der Waals surface area contributed by atoms with Gasteiger partial charge in [-0.3, -0.25) is 0 Å². The summed E-state index contributed by atoms with van der Waals surface area (Å²) >= 11 is 0. The Morgan fingerprint density at radius 1 is 1.38 bits per heavy atom. The number of rotatable bonds is 0. The van der Waals surface area contributed by atoms with Crippen LogP contribution < -0.4 is 18.9 Å². The Hall–Kier alpha value is 0.347. The monoisotopic (exact) mass is 118 g/mol. The number of epoxide rings is 1. The fourth-order valence-electron chi connectivity index (χ4n) is 0.200. The average Bonchev–Trinajstić information content (AvgIpc) is 1.99. The maximum Gasteiger partial charge on any atom is 1.00 e. The normalized spacial score (nSPS) is 19.9. The number of ether oxygens (including phenoxy) is 1. The Bertz CT molecular complexity index is 77.1. The van der Waals surface area contributed by atoms with Gasteiger partial charge >= 0.3 is 18.9 Å². The van der Waals surface area contributed by atoms with Crippen molar-refractivity contribution in [2.75, 3.05) is 6.61 Å². The molecule has 0 radical (unpaired) electrons. The smallest absolute Gasteiger partial charge is 0.562 e. The number of hydrogen-bond donors (Lipinski definition) is 0. The zero-order chi connectivity index (χ0) is 5.49. The Morgan fingerprint density at radius 2 is 1.75 bits per heavy atom. The maximum absolute atomic E-state index is 11.1. The van der Waals surface area contributed by atoms with E-state index < -0.39 is 12.3 Å². The first kappa shape index (κ1) is 8.35. The molecule has 1 fully saturated rings. The Morgan fingerprint density at radius 3 is 1.75 bits per heavy atom. The van der Waals surface area contributed by atoms with Crippen molar-refractivity contribution < 1.29 is 36.8 Å². The standard InChI is InChI=1S/C3H2F3O.Li/c4-3(5,6)2-1-7-2;/h1H2;/q-1;+1. The summed E-state index contributed by atoms with van der Waals surface area (Å²) in [5.41, 5.74) is 0. The van der Waals surface area contributed by atoms with Crippen LogP contribution in [-0.2, 0) is 4.74 Å². The largest absolute Gasteiger partial charge is 1.00 e. The van der Waals surface area contributed by atoms with E-state index in [-0.39, 0.29) is 25.5 Å². The second-order valence-electron chi connectivity index (χ2n) is 1.21. The van der Waals surface area contributed by atoms with Crippen LogP contribution in [0.15, 0.2) is 0 Å². The summed E-state index contributed by atoms with van der Waals surface area (Å²) < 4.78 is 37.1. The number of hydrogen-bond acceptors (Lipinski definition) is 1. The first-order valence-corrected chi connectivity index (χ1v) is 1.66. The van der Waals surface area contributed by atoms with Gasteiger partial charge in [-0.05, 0) is 0 Å². The molecule has 0 unspecified atom stereocenters. The third-order valence-corrected chi connectivity index (χ3v) is 0.605. The minimum Gasteiger partial charge on any atom is -0.562 e. The van der Waals surface area contributed by atoms with Crippen molar-refractivity contribution in [2.45, 2.75) is 6.18 Å². The van der Waals surface area contributed by atoms with Crippen LogP contribution in [-0.4, -0.2) is 12.8 Å². The van der Waals surface area contributed by atoms with Gasteiger partial charge in [0.15, 0.2) is 0 Å². The second kappa shape index (κ2) is 2.30. The van der Waals surface area contributed by atoms with E-state index in [9.17, 15) is 13.2 Å². The Balaban J connectivity index is 0.000000490. The molecule has 0 aromatic heterocycles. The van der Waals surface area contributed by atoms with Gasteiger partial charge < -0.3 is 4.74 Å². The van der Waals surface area contributed by atoms with E-state index in [0.29, 0.717) is 0 Å². The fraction of sp³-hybridized carbons (Fsp3) is 0.667. The van der Waals surface area contributed by atoms with Gasteiger partial charge in [-0.2, -0.15) is 0 Å². The van der Waals surface area contributed by atoms with Crippen LogP contribution in [0.25, 0.3) is 0 Å². The van der Waals surface area contributed by atoms with Gasteiger partial charge in [0.1, 0.15) is 0 Å². The molecule has 0 spiro atoms. The van der Waals surface area contributed by atoms with Gasteiger partial charge in [0.05, 0.1) is 0 Å².